The number of rotatable bonds is 11. The summed E-state index contributed by atoms with van der Waals surface area (Å²) in [5, 5.41) is 19.4. The minimum Gasteiger partial charge on any atom is -0.396 e. The van der Waals surface area contributed by atoms with Gasteiger partial charge in [-0.15, -0.1) is 0 Å². The van der Waals surface area contributed by atoms with Crippen LogP contribution < -0.4 is 10.9 Å². The van der Waals surface area contributed by atoms with Crippen molar-refractivity contribution >= 4 is 38.9 Å². The van der Waals surface area contributed by atoms with Gasteiger partial charge in [0.1, 0.15) is 15.2 Å². The Morgan fingerprint density at radius 3 is 2.32 bits per heavy atom. The average molecular weight is 536 g/mol. The van der Waals surface area contributed by atoms with Gasteiger partial charge in [0.15, 0.2) is 0 Å². The predicted octanol–water partition coefficient (Wildman–Crippen LogP) is 4.03. The number of nitrogens with zero attached hydrogens (tertiary/aromatic N) is 3. The fraction of sp³-hybridized carbons (Fsp3) is 0.714. The number of aliphatic hydroxyl groups excluding tert-OH is 1. The lowest BCUT2D eigenvalue weighted by molar-refractivity contribution is 0.291. The van der Waals surface area contributed by atoms with Crippen molar-refractivity contribution in [3.8, 4) is 6.07 Å². The molecule has 31 heavy (non-hydrogen) atoms. The summed E-state index contributed by atoms with van der Waals surface area (Å²) in [7, 11) is -5.26. The molecule has 10 heteroatoms. The molecule has 0 aliphatic carbocycles. The SMILES string of the molecule is CC[Si](CC)(CC)c1cc(Br)nc([C@@](C)(N)C[S@@](=O)(=NCCCO)C(C)(C)C#N)c1F. The van der Waals surface area contributed by atoms with E-state index in [1.165, 1.54) is 0 Å². The Bertz CT molecular complexity index is 928. The van der Waals surface area contributed by atoms with Crippen LogP contribution in [-0.2, 0) is 15.3 Å². The standard InChI is InChI=1S/C21H36BrFN4O2SSi/c1-7-31(8-2,9-3)16-13-17(22)27-19(18(16)23)21(6,25)15-30(29,20(4,5)14-24)26-11-10-12-28/h13,28H,7-12,15,25H2,1-6H3/t21-,30-/m0/s1. The van der Waals surface area contributed by atoms with Crippen molar-refractivity contribution in [3.63, 3.8) is 0 Å². The molecule has 176 valence electrons. The quantitative estimate of drug-likeness (QED) is 0.253. The molecule has 1 rings (SSSR count). The largest absolute Gasteiger partial charge is 0.396 e. The van der Waals surface area contributed by atoms with E-state index in [4.69, 9.17) is 10.8 Å². The topological polar surface area (TPSA) is 112 Å². The molecule has 1 heterocycles. The van der Waals surface area contributed by atoms with Gasteiger partial charge in [-0.3, -0.25) is 0 Å². The molecule has 1 aromatic rings. The summed E-state index contributed by atoms with van der Waals surface area (Å²) in [6.45, 7) is 11.0. The van der Waals surface area contributed by atoms with Crippen LogP contribution in [0.25, 0.3) is 0 Å². The van der Waals surface area contributed by atoms with E-state index < -0.39 is 33.9 Å². The fourth-order valence-electron chi connectivity index (χ4n) is 3.80. The Morgan fingerprint density at radius 1 is 1.32 bits per heavy atom. The minimum absolute atomic E-state index is 0.0444. The third-order valence-electron chi connectivity index (χ3n) is 6.25. The lowest BCUT2D eigenvalue weighted by Crippen LogP contribution is -2.51. The fourth-order valence-corrected chi connectivity index (χ4v) is 10.4. The molecule has 0 saturated carbocycles. The highest BCUT2D eigenvalue weighted by atomic mass is 79.9. The van der Waals surface area contributed by atoms with Crippen molar-refractivity contribution in [1.29, 1.82) is 5.26 Å². The van der Waals surface area contributed by atoms with Crippen LogP contribution in [0.4, 0.5) is 4.39 Å². The molecule has 1 aromatic heterocycles. The zero-order valence-corrected chi connectivity index (χ0v) is 22.9. The van der Waals surface area contributed by atoms with Crippen LogP contribution in [0.3, 0.4) is 0 Å². The smallest absolute Gasteiger partial charge is 0.145 e. The third-order valence-corrected chi connectivity index (χ3v) is 15.5. The molecule has 0 saturated heterocycles. The van der Waals surface area contributed by atoms with Crippen molar-refractivity contribution in [2.75, 3.05) is 18.9 Å². The first kappa shape index (κ1) is 28.2. The summed E-state index contributed by atoms with van der Waals surface area (Å²) in [5.41, 5.74) is 5.21. The Morgan fingerprint density at radius 2 is 1.87 bits per heavy atom. The minimum atomic E-state index is -3.17. The summed E-state index contributed by atoms with van der Waals surface area (Å²) < 4.78 is 33.2. The van der Waals surface area contributed by atoms with E-state index in [0.717, 1.165) is 18.1 Å². The van der Waals surface area contributed by atoms with Gasteiger partial charge in [0, 0.05) is 6.61 Å². The van der Waals surface area contributed by atoms with Crippen LogP contribution >= 0.6 is 15.9 Å². The first-order valence-electron chi connectivity index (χ1n) is 10.7. The Labute approximate surface area is 196 Å². The number of aliphatic hydroxyl groups is 1. The maximum Gasteiger partial charge on any atom is 0.145 e. The second kappa shape index (κ2) is 10.8. The van der Waals surface area contributed by atoms with E-state index in [0.29, 0.717) is 16.2 Å². The predicted molar refractivity (Wildman–Crippen MR) is 132 cm³/mol. The summed E-state index contributed by atoms with van der Waals surface area (Å²) in [6.07, 6.45) is 0.324. The molecule has 0 aromatic carbocycles. The van der Waals surface area contributed by atoms with E-state index in [-0.39, 0.29) is 24.6 Å². The van der Waals surface area contributed by atoms with Crippen LogP contribution in [-0.4, -0.2) is 46.0 Å². The van der Waals surface area contributed by atoms with E-state index in [1.807, 2.05) is 0 Å². The molecule has 3 N–H and O–H groups in total. The van der Waals surface area contributed by atoms with Gasteiger partial charge >= 0.3 is 0 Å². The van der Waals surface area contributed by atoms with Gasteiger partial charge in [-0.2, -0.15) is 5.26 Å². The van der Waals surface area contributed by atoms with E-state index >= 15 is 4.39 Å². The van der Waals surface area contributed by atoms with Gasteiger partial charge in [-0.05, 0) is 54.4 Å². The Hall–Kier alpha value is -0.863. The number of nitrogens with two attached hydrogens (primary N) is 1. The number of hydrogen-bond donors (Lipinski definition) is 2. The van der Waals surface area contributed by atoms with Gasteiger partial charge in [0.05, 0.1) is 47.4 Å². The average Bonchev–Trinajstić information content (AvgIpc) is 2.71. The molecule has 0 radical (unpaired) electrons. The normalized spacial score (nSPS) is 16.3. The molecule has 0 amide bonds. The van der Waals surface area contributed by atoms with Crippen molar-refractivity contribution < 1.29 is 13.7 Å². The van der Waals surface area contributed by atoms with Crippen molar-refractivity contribution in [2.45, 2.75) is 76.4 Å². The van der Waals surface area contributed by atoms with Gasteiger partial charge < -0.3 is 10.8 Å². The maximum atomic E-state index is 15.9. The highest BCUT2D eigenvalue weighted by Gasteiger charge is 2.42. The van der Waals surface area contributed by atoms with Crippen LogP contribution in [0.1, 0.15) is 53.7 Å². The highest BCUT2D eigenvalue weighted by molar-refractivity contribution is 9.10. The van der Waals surface area contributed by atoms with E-state index in [9.17, 15) is 9.47 Å². The van der Waals surface area contributed by atoms with Crippen molar-refractivity contribution in [3.05, 3.63) is 22.2 Å². The van der Waals surface area contributed by atoms with Crippen LogP contribution in [0, 0.1) is 17.1 Å². The van der Waals surface area contributed by atoms with Crippen molar-refractivity contribution in [1.82, 2.24) is 4.98 Å². The number of halogens is 2. The maximum absolute atomic E-state index is 15.9. The summed E-state index contributed by atoms with van der Waals surface area (Å²) in [5.74, 6) is -0.651. The van der Waals surface area contributed by atoms with Gasteiger partial charge in [0.25, 0.3) is 0 Å². The van der Waals surface area contributed by atoms with Crippen molar-refractivity contribution in [2.24, 2.45) is 10.1 Å². The van der Waals surface area contributed by atoms with E-state index in [1.54, 1.807) is 26.8 Å². The van der Waals surface area contributed by atoms with Crippen LogP contribution in [0.15, 0.2) is 15.0 Å². The molecular weight excluding hydrogens is 499 g/mol. The molecule has 6 nitrogen and oxygen atoms in total. The van der Waals surface area contributed by atoms with Gasteiger partial charge in [-0.1, -0.05) is 38.9 Å². The Balaban J connectivity index is 3.69. The van der Waals surface area contributed by atoms with Crippen LogP contribution in [0.5, 0.6) is 0 Å². The molecule has 0 fully saturated rings. The molecule has 0 bridgehead atoms. The zero-order valence-electron chi connectivity index (χ0n) is 19.5. The Kier molecular flexibility index (Phi) is 9.85. The number of pyridine rings is 1. The summed E-state index contributed by atoms with van der Waals surface area (Å²) >= 11 is 3.42. The van der Waals surface area contributed by atoms with Crippen LogP contribution in [0.2, 0.25) is 18.1 Å². The van der Waals surface area contributed by atoms with Gasteiger partial charge in [0.2, 0.25) is 0 Å². The molecule has 0 aliphatic heterocycles. The molecule has 0 aliphatic rings. The monoisotopic (exact) mass is 534 g/mol. The molecular formula is C21H36BrFN4O2SSi. The number of hydrogen-bond acceptors (Lipinski definition) is 6. The lowest BCUT2D eigenvalue weighted by Gasteiger charge is -2.34. The third kappa shape index (κ3) is 5.93. The summed E-state index contributed by atoms with van der Waals surface area (Å²) in [4.78, 5) is 4.36. The number of nitriles is 1. The zero-order chi connectivity index (χ0) is 24.1. The van der Waals surface area contributed by atoms with Gasteiger partial charge in [-0.25, -0.2) is 17.9 Å². The van der Waals surface area contributed by atoms with E-state index in [2.05, 4.69) is 52.1 Å². The second-order valence-corrected chi connectivity index (χ2v) is 17.6. The second-order valence-electron chi connectivity index (χ2n) is 8.75. The highest BCUT2D eigenvalue weighted by Crippen LogP contribution is 2.31. The number of aromatic nitrogens is 1. The molecule has 2 atom stereocenters. The lowest BCUT2D eigenvalue weighted by atomic mass is 10.0. The summed E-state index contributed by atoms with van der Waals surface area (Å²) in [6, 6.07) is 6.51. The molecule has 0 unspecified atom stereocenters. The first-order valence-corrected chi connectivity index (χ1v) is 15.8. The first-order chi connectivity index (χ1) is 14.3. The molecule has 0 spiro atoms.